The fourth-order valence-corrected chi connectivity index (χ4v) is 3.28. The first-order valence-electron chi connectivity index (χ1n) is 6.76. The van der Waals surface area contributed by atoms with E-state index in [1.807, 2.05) is 0 Å². The van der Waals surface area contributed by atoms with Crippen molar-refractivity contribution in [2.45, 2.75) is 44.6 Å². The van der Waals surface area contributed by atoms with Gasteiger partial charge in [-0.3, -0.25) is 10.1 Å². The predicted molar refractivity (Wildman–Crippen MR) is 68.4 cm³/mol. The lowest BCUT2D eigenvalue weighted by Crippen LogP contribution is -2.52. The second-order valence-corrected chi connectivity index (χ2v) is 5.15. The number of rotatable bonds is 3. The van der Waals surface area contributed by atoms with E-state index < -0.39 is 0 Å². The molecule has 2 atom stereocenters. The zero-order chi connectivity index (χ0) is 12.1. The third-order valence-electron chi connectivity index (χ3n) is 4.07. The number of amides is 1. The second kappa shape index (κ2) is 6.07. The van der Waals surface area contributed by atoms with Gasteiger partial charge in [-0.15, -0.1) is 6.42 Å². The number of nitrogens with one attached hydrogen (secondary N) is 1. The van der Waals surface area contributed by atoms with Crippen LogP contribution in [0.15, 0.2) is 0 Å². The summed E-state index contributed by atoms with van der Waals surface area (Å²) in [4.78, 5) is 14.2. The Morgan fingerprint density at radius 2 is 2.06 bits per heavy atom. The Hall–Kier alpha value is -1.01. The number of nitrogens with zero attached hydrogens (tertiary/aromatic N) is 1. The molecule has 3 heteroatoms. The van der Waals surface area contributed by atoms with Crippen molar-refractivity contribution in [3.8, 4) is 12.3 Å². The van der Waals surface area contributed by atoms with Crippen LogP contribution in [0.3, 0.4) is 0 Å². The molecule has 94 valence electrons. The zero-order valence-electron chi connectivity index (χ0n) is 10.5. The first kappa shape index (κ1) is 12.4. The van der Waals surface area contributed by atoms with Crippen LogP contribution in [-0.4, -0.2) is 36.5 Å². The number of piperidine rings is 1. The van der Waals surface area contributed by atoms with Gasteiger partial charge in [-0.1, -0.05) is 18.8 Å². The van der Waals surface area contributed by atoms with Crippen molar-refractivity contribution >= 4 is 5.91 Å². The van der Waals surface area contributed by atoms with Crippen molar-refractivity contribution in [2.24, 2.45) is 5.92 Å². The highest BCUT2D eigenvalue weighted by Gasteiger charge is 2.35. The van der Waals surface area contributed by atoms with Gasteiger partial charge in [0.25, 0.3) is 0 Å². The van der Waals surface area contributed by atoms with Crippen LogP contribution in [0.25, 0.3) is 0 Å². The van der Waals surface area contributed by atoms with Gasteiger partial charge >= 0.3 is 0 Å². The average Bonchev–Trinajstić information content (AvgIpc) is 2.38. The summed E-state index contributed by atoms with van der Waals surface area (Å²) in [6.07, 6.45) is 12.8. The summed E-state index contributed by atoms with van der Waals surface area (Å²) in [6, 6.07) is 0.512. The quantitative estimate of drug-likeness (QED) is 0.591. The summed E-state index contributed by atoms with van der Waals surface area (Å²) in [5.41, 5.74) is 0. The predicted octanol–water partition coefficient (Wildman–Crippen LogP) is 1.39. The fourth-order valence-electron chi connectivity index (χ4n) is 3.28. The Bertz CT molecular complexity index is 306. The SMILES string of the molecule is C#CCNCC(=O)N1CCCC2CCCCC21. The maximum atomic E-state index is 12.1. The van der Waals surface area contributed by atoms with Crippen LogP contribution in [0.1, 0.15) is 38.5 Å². The first-order chi connectivity index (χ1) is 8.33. The second-order valence-electron chi connectivity index (χ2n) is 5.15. The van der Waals surface area contributed by atoms with Gasteiger partial charge in [0.15, 0.2) is 0 Å². The summed E-state index contributed by atoms with van der Waals surface area (Å²) in [7, 11) is 0. The molecule has 1 aliphatic heterocycles. The van der Waals surface area contributed by atoms with Crippen molar-refractivity contribution in [3.05, 3.63) is 0 Å². The molecule has 1 heterocycles. The normalized spacial score (nSPS) is 28.3. The minimum Gasteiger partial charge on any atom is -0.338 e. The van der Waals surface area contributed by atoms with Gasteiger partial charge in [0.1, 0.15) is 0 Å². The molecular weight excluding hydrogens is 212 g/mol. The highest BCUT2D eigenvalue weighted by Crippen LogP contribution is 2.35. The Kier molecular flexibility index (Phi) is 4.44. The molecule has 1 N–H and O–H groups in total. The minimum absolute atomic E-state index is 0.233. The van der Waals surface area contributed by atoms with Gasteiger partial charge in [0.2, 0.25) is 5.91 Å². The molecule has 3 nitrogen and oxygen atoms in total. The number of fused-ring (bicyclic) bond motifs is 1. The first-order valence-corrected chi connectivity index (χ1v) is 6.76. The van der Waals surface area contributed by atoms with E-state index in [-0.39, 0.29) is 5.91 Å². The smallest absolute Gasteiger partial charge is 0.236 e. The molecule has 0 aromatic heterocycles. The van der Waals surface area contributed by atoms with Crippen LogP contribution < -0.4 is 5.32 Å². The molecule has 17 heavy (non-hydrogen) atoms. The molecule has 0 aromatic rings. The molecule has 2 rings (SSSR count). The van der Waals surface area contributed by atoms with Gasteiger partial charge in [-0.2, -0.15) is 0 Å². The van der Waals surface area contributed by atoms with Gasteiger partial charge in [-0.05, 0) is 31.6 Å². The van der Waals surface area contributed by atoms with Crippen LogP contribution in [0.4, 0.5) is 0 Å². The highest BCUT2D eigenvalue weighted by atomic mass is 16.2. The summed E-state index contributed by atoms with van der Waals surface area (Å²) >= 11 is 0. The van der Waals surface area contributed by atoms with Crippen LogP contribution >= 0.6 is 0 Å². The van der Waals surface area contributed by atoms with E-state index in [4.69, 9.17) is 6.42 Å². The number of hydrogen-bond donors (Lipinski definition) is 1. The third kappa shape index (κ3) is 3.01. The Morgan fingerprint density at radius 1 is 1.29 bits per heavy atom. The van der Waals surface area contributed by atoms with E-state index in [0.717, 1.165) is 12.5 Å². The lowest BCUT2D eigenvalue weighted by molar-refractivity contribution is -0.136. The zero-order valence-corrected chi connectivity index (χ0v) is 10.5. The van der Waals surface area contributed by atoms with Crippen molar-refractivity contribution < 1.29 is 4.79 Å². The number of likely N-dealkylation sites (tertiary alicyclic amines) is 1. The maximum absolute atomic E-state index is 12.1. The van der Waals surface area contributed by atoms with E-state index in [1.54, 1.807) is 0 Å². The molecule has 1 saturated carbocycles. The minimum atomic E-state index is 0.233. The lowest BCUT2D eigenvalue weighted by atomic mass is 9.78. The molecule has 2 aliphatic rings. The number of carbonyl (C=O) groups is 1. The fraction of sp³-hybridized carbons (Fsp3) is 0.786. The Morgan fingerprint density at radius 3 is 2.88 bits per heavy atom. The van der Waals surface area contributed by atoms with E-state index in [2.05, 4.69) is 16.1 Å². The van der Waals surface area contributed by atoms with Crippen molar-refractivity contribution in [2.75, 3.05) is 19.6 Å². The average molecular weight is 234 g/mol. The standard InChI is InChI=1S/C14H22N2O/c1-2-9-15-11-14(17)16-10-5-7-12-6-3-4-8-13(12)16/h1,12-13,15H,3-11H2. The monoisotopic (exact) mass is 234 g/mol. The molecule has 2 unspecified atom stereocenters. The van der Waals surface area contributed by atoms with Gasteiger partial charge in [0.05, 0.1) is 13.1 Å². The van der Waals surface area contributed by atoms with Crippen LogP contribution in [0.5, 0.6) is 0 Å². The summed E-state index contributed by atoms with van der Waals surface area (Å²) in [5.74, 6) is 3.49. The topological polar surface area (TPSA) is 32.3 Å². The van der Waals surface area contributed by atoms with E-state index >= 15 is 0 Å². The molecule has 0 spiro atoms. The molecule has 2 fully saturated rings. The number of hydrogen-bond acceptors (Lipinski definition) is 2. The molecule has 0 radical (unpaired) electrons. The third-order valence-corrected chi connectivity index (χ3v) is 4.07. The summed E-state index contributed by atoms with van der Waals surface area (Å²) < 4.78 is 0. The van der Waals surface area contributed by atoms with E-state index in [0.29, 0.717) is 19.1 Å². The van der Waals surface area contributed by atoms with Crippen molar-refractivity contribution in [3.63, 3.8) is 0 Å². The maximum Gasteiger partial charge on any atom is 0.236 e. The highest BCUT2D eigenvalue weighted by molar-refractivity contribution is 5.78. The molecule has 1 saturated heterocycles. The molecule has 1 aliphatic carbocycles. The van der Waals surface area contributed by atoms with Crippen LogP contribution in [0, 0.1) is 18.3 Å². The molecule has 0 aromatic carbocycles. The summed E-state index contributed by atoms with van der Waals surface area (Å²) in [5, 5.41) is 3.00. The van der Waals surface area contributed by atoms with Crippen LogP contribution in [-0.2, 0) is 4.79 Å². The Labute approximate surface area is 104 Å². The molecule has 1 amide bonds. The van der Waals surface area contributed by atoms with Gasteiger partial charge in [0, 0.05) is 12.6 Å². The number of carbonyl (C=O) groups excluding carboxylic acids is 1. The number of terminal acetylenes is 1. The van der Waals surface area contributed by atoms with Crippen molar-refractivity contribution in [1.29, 1.82) is 0 Å². The van der Waals surface area contributed by atoms with Crippen molar-refractivity contribution in [1.82, 2.24) is 10.2 Å². The molecule has 0 bridgehead atoms. The van der Waals surface area contributed by atoms with Crippen LogP contribution in [0.2, 0.25) is 0 Å². The molecular formula is C14H22N2O. The summed E-state index contributed by atoms with van der Waals surface area (Å²) in [6.45, 7) is 1.82. The van der Waals surface area contributed by atoms with E-state index in [9.17, 15) is 4.79 Å². The van der Waals surface area contributed by atoms with Gasteiger partial charge < -0.3 is 4.90 Å². The van der Waals surface area contributed by atoms with E-state index in [1.165, 1.54) is 38.5 Å². The lowest BCUT2D eigenvalue weighted by Gasteiger charge is -2.44. The van der Waals surface area contributed by atoms with Gasteiger partial charge in [-0.25, -0.2) is 0 Å². The largest absolute Gasteiger partial charge is 0.338 e. The Balaban J connectivity index is 1.89.